The van der Waals surface area contributed by atoms with Crippen LogP contribution in [0, 0.1) is 11.7 Å². The summed E-state index contributed by atoms with van der Waals surface area (Å²) < 4.78 is 12.9. The molecule has 0 fully saturated rings. The molecule has 1 heterocycles. The lowest BCUT2D eigenvalue weighted by molar-refractivity contribution is -0.123. The van der Waals surface area contributed by atoms with E-state index in [0.29, 0.717) is 19.3 Å². The molecular weight excluding hydrogens is 309 g/mol. The van der Waals surface area contributed by atoms with Crippen molar-refractivity contribution >= 4 is 11.8 Å². The summed E-state index contributed by atoms with van der Waals surface area (Å²) in [7, 11) is 0. The summed E-state index contributed by atoms with van der Waals surface area (Å²) in [5.41, 5.74) is 7.02. The summed E-state index contributed by atoms with van der Waals surface area (Å²) in [6, 6.07) is 11.4. The number of halogens is 1. The minimum Gasteiger partial charge on any atom is -0.369 e. The zero-order chi connectivity index (χ0) is 17.4. The second-order valence-electron chi connectivity index (χ2n) is 5.56. The quantitative estimate of drug-likeness (QED) is 0.771. The number of carbonyl (C=O) groups is 2. The molecule has 6 heteroatoms. The second kappa shape index (κ2) is 8.76. The van der Waals surface area contributed by atoms with E-state index in [0.717, 1.165) is 11.3 Å². The fourth-order valence-corrected chi connectivity index (χ4v) is 2.29. The first-order valence-electron chi connectivity index (χ1n) is 7.75. The van der Waals surface area contributed by atoms with Crippen molar-refractivity contribution < 1.29 is 14.0 Å². The van der Waals surface area contributed by atoms with Gasteiger partial charge in [0.25, 0.3) is 0 Å². The van der Waals surface area contributed by atoms with Crippen molar-refractivity contribution in [1.82, 2.24) is 10.3 Å². The largest absolute Gasteiger partial charge is 0.369 e. The van der Waals surface area contributed by atoms with E-state index in [-0.39, 0.29) is 18.3 Å². The third kappa shape index (κ3) is 5.79. The van der Waals surface area contributed by atoms with E-state index < -0.39 is 11.8 Å². The number of amides is 2. The maximum atomic E-state index is 12.9. The Morgan fingerprint density at radius 1 is 1.17 bits per heavy atom. The SMILES string of the molecule is NC(=O)[C@@H](CNC(=O)CCc1ccccn1)Cc1ccc(F)cc1. The predicted octanol–water partition coefficient (Wildman–Crippen LogP) is 1.61. The first-order valence-corrected chi connectivity index (χ1v) is 7.75. The fraction of sp³-hybridized carbons (Fsp3) is 0.278. The summed E-state index contributed by atoms with van der Waals surface area (Å²) in [4.78, 5) is 27.6. The standard InChI is InChI=1S/C18H20FN3O2/c19-15-6-4-13(5-7-15)11-14(18(20)24)12-22-17(23)9-8-16-3-1-2-10-21-16/h1-7,10,14H,8-9,11-12H2,(H2,20,24)(H,22,23)/t14-/m1/s1. The second-order valence-corrected chi connectivity index (χ2v) is 5.56. The van der Waals surface area contributed by atoms with Gasteiger partial charge in [-0.1, -0.05) is 18.2 Å². The summed E-state index contributed by atoms with van der Waals surface area (Å²) >= 11 is 0. The fourth-order valence-electron chi connectivity index (χ4n) is 2.29. The lowest BCUT2D eigenvalue weighted by atomic mass is 9.98. The Kier molecular flexibility index (Phi) is 6.42. The van der Waals surface area contributed by atoms with Gasteiger partial charge < -0.3 is 11.1 Å². The highest BCUT2D eigenvalue weighted by molar-refractivity contribution is 5.80. The van der Waals surface area contributed by atoms with Crippen LogP contribution >= 0.6 is 0 Å². The molecule has 2 amide bonds. The summed E-state index contributed by atoms with van der Waals surface area (Å²) in [6.45, 7) is 0.160. The van der Waals surface area contributed by atoms with E-state index in [1.807, 2.05) is 18.2 Å². The van der Waals surface area contributed by atoms with Crippen molar-refractivity contribution in [2.75, 3.05) is 6.54 Å². The molecule has 126 valence electrons. The van der Waals surface area contributed by atoms with Gasteiger partial charge in [0.2, 0.25) is 11.8 Å². The van der Waals surface area contributed by atoms with Crippen molar-refractivity contribution in [3.8, 4) is 0 Å². The average molecular weight is 329 g/mol. The normalized spacial score (nSPS) is 11.7. The van der Waals surface area contributed by atoms with Crippen LogP contribution < -0.4 is 11.1 Å². The number of hydrogen-bond acceptors (Lipinski definition) is 3. The van der Waals surface area contributed by atoms with Crippen molar-refractivity contribution in [3.63, 3.8) is 0 Å². The number of pyridine rings is 1. The topological polar surface area (TPSA) is 85.1 Å². The van der Waals surface area contributed by atoms with E-state index in [1.54, 1.807) is 18.3 Å². The molecule has 24 heavy (non-hydrogen) atoms. The minimum atomic E-state index is -0.533. The van der Waals surface area contributed by atoms with Gasteiger partial charge in [0.1, 0.15) is 5.82 Å². The highest BCUT2D eigenvalue weighted by Crippen LogP contribution is 2.10. The lowest BCUT2D eigenvalue weighted by Crippen LogP contribution is -2.37. The Morgan fingerprint density at radius 2 is 1.92 bits per heavy atom. The van der Waals surface area contributed by atoms with Crippen LogP contribution in [-0.4, -0.2) is 23.3 Å². The Balaban J connectivity index is 1.81. The first-order chi connectivity index (χ1) is 11.5. The number of nitrogens with two attached hydrogens (primary N) is 1. The maximum absolute atomic E-state index is 12.9. The number of nitrogens with one attached hydrogen (secondary N) is 1. The van der Waals surface area contributed by atoms with Crippen LogP contribution in [-0.2, 0) is 22.4 Å². The van der Waals surface area contributed by atoms with E-state index in [4.69, 9.17) is 5.73 Å². The van der Waals surface area contributed by atoms with E-state index in [2.05, 4.69) is 10.3 Å². The molecule has 0 saturated heterocycles. The molecule has 0 spiro atoms. The van der Waals surface area contributed by atoms with Crippen molar-refractivity contribution in [3.05, 3.63) is 65.7 Å². The van der Waals surface area contributed by atoms with Gasteiger partial charge in [-0.2, -0.15) is 0 Å². The Labute approximate surface area is 140 Å². The third-order valence-electron chi connectivity index (χ3n) is 3.68. The van der Waals surface area contributed by atoms with Gasteiger partial charge >= 0.3 is 0 Å². The number of aromatic nitrogens is 1. The maximum Gasteiger partial charge on any atom is 0.222 e. The molecule has 0 bridgehead atoms. The van der Waals surface area contributed by atoms with Gasteiger partial charge in [-0.25, -0.2) is 4.39 Å². The molecule has 1 atom stereocenters. The highest BCUT2D eigenvalue weighted by atomic mass is 19.1. The van der Waals surface area contributed by atoms with Crippen LogP contribution in [0.1, 0.15) is 17.7 Å². The molecule has 3 N–H and O–H groups in total. The van der Waals surface area contributed by atoms with Crippen LogP contribution in [0.25, 0.3) is 0 Å². The van der Waals surface area contributed by atoms with E-state index in [9.17, 15) is 14.0 Å². The molecule has 0 aliphatic carbocycles. The van der Waals surface area contributed by atoms with E-state index >= 15 is 0 Å². The Morgan fingerprint density at radius 3 is 2.54 bits per heavy atom. The lowest BCUT2D eigenvalue weighted by Gasteiger charge is -2.14. The van der Waals surface area contributed by atoms with Gasteiger partial charge in [-0.05, 0) is 42.7 Å². The summed E-state index contributed by atoms with van der Waals surface area (Å²) in [6.07, 6.45) is 2.86. The number of primary amides is 1. The number of hydrogen-bond donors (Lipinski definition) is 2. The number of aryl methyl sites for hydroxylation is 1. The van der Waals surface area contributed by atoms with Crippen LogP contribution in [0.15, 0.2) is 48.7 Å². The van der Waals surface area contributed by atoms with Gasteiger partial charge in [0.15, 0.2) is 0 Å². The number of carbonyl (C=O) groups excluding carboxylic acids is 2. The molecule has 5 nitrogen and oxygen atoms in total. The Hall–Kier alpha value is -2.76. The van der Waals surface area contributed by atoms with Crippen LogP contribution in [0.5, 0.6) is 0 Å². The number of benzene rings is 1. The zero-order valence-electron chi connectivity index (χ0n) is 13.2. The Bertz CT molecular complexity index is 674. The van der Waals surface area contributed by atoms with Crippen LogP contribution in [0.4, 0.5) is 4.39 Å². The molecule has 0 aliphatic rings. The molecule has 2 aromatic rings. The number of nitrogens with zero attached hydrogens (tertiary/aromatic N) is 1. The summed E-state index contributed by atoms with van der Waals surface area (Å²) in [5, 5.41) is 2.72. The molecule has 1 aromatic heterocycles. The van der Waals surface area contributed by atoms with Crippen LogP contribution in [0.3, 0.4) is 0 Å². The zero-order valence-corrected chi connectivity index (χ0v) is 13.2. The van der Waals surface area contributed by atoms with Crippen molar-refractivity contribution in [2.24, 2.45) is 11.7 Å². The van der Waals surface area contributed by atoms with E-state index in [1.165, 1.54) is 12.1 Å². The number of rotatable bonds is 8. The third-order valence-corrected chi connectivity index (χ3v) is 3.68. The average Bonchev–Trinajstić information content (AvgIpc) is 2.59. The molecule has 0 radical (unpaired) electrons. The van der Waals surface area contributed by atoms with Gasteiger partial charge in [-0.3, -0.25) is 14.6 Å². The first kappa shape index (κ1) is 17.6. The molecular formula is C18H20FN3O2. The smallest absolute Gasteiger partial charge is 0.222 e. The van der Waals surface area contributed by atoms with Crippen molar-refractivity contribution in [2.45, 2.75) is 19.3 Å². The minimum absolute atomic E-state index is 0.160. The van der Waals surface area contributed by atoms with Gasteiger partial charge in [0, 0.05) is 24.9 Å². The van der Waals surface area contributed by atoms with Crippen molar-refractivity contribution in [1.29, 1.82) is 0 Å². The molecule has 0 unspecified atom stereocenters. The summed E-state index contributed by atoms with van der Waals surface area (Å²) in [5.74, 6) is -1.53. The monoisotopic (exact) mass is 329 g/mol. The molecule has 2 rings (SSSR count). The highest BCUT2D eigenvalue weighted by Gasteiger charge is 2.17. The van der Waals surface area contributed by atoms with Crippen LogP contribution in [0.2, 0.25) is 0 Å². The molecule has 1 aromatic carbocycles. The van der Waals surface area contributed by atoms with Gasteiger partial charge in [0.05, 0.1) is 5.92 Å². The van der Waals surface area contributed by atoms with Gasteiger partial charge in [-0.15, -0.1) is 0 Å². The molecule has 0 aliphatic heterocycles. The predicted molar refractivity (Wildman–Crippen MR) is 88.4 cm³/mol. The molecule has 0 saturated carbocycles.